The largest absolute Gasteiger partial charge is 0.450 e. The normalized spacial score (nSPS) is 16.9. The summed E-state index contributed by atoms with van der Waals surface area (Å²) in [6.45, 7) is 3.86. The molecule has 0 unspecified atom stereocenters. The number of benzene rings is 1. The fourth-order valence-corrected chi connectivity index (χ4v) is 3.32. The van der Waals surface area contributed by atoms with E-state index < -0.39 is 0 Å². The van der Waals surface area contributed by atoms with Crippen LogP contribution in [0.25, 0.3) is 6.08 Å². The molecule has 2 amide bonds. The number of nitrogens with zero attached hydrogens (tertiary/aromatic N) is 1. The van der Waals surface area contributed by atoms with Crippen molar-refractivity contribution in [2.24, 2.45) is 0 Å². The molecule has 4 nitrogen and oxygen atoms in total. The van der Waals surface area contributed by atoms with Gasteiger partial charge in [-0.05, 0) is 70.9 Å². The summed E-state index contributed by atoms with van der Waals surface area (Å²) in [6.07, 6.45) is 1.58. The molecule has 2 heterocycles. The molecular formula is C16H12BrNO3S. The molecule has 0 aliphatic carbocycles. The van der Waals surface area contributed by atoms with Crippen molar-refractivity contribution in [3.63, 3.8) is 0 Å². The van der Waals surface area contributed by atoms with Crippen LogP contribution in [0.4, 0.5) is 10.5 Å². The van der Waals surface area contributed by atoms with Gasteiger partial charge < -0.3 is 4.42 Å². The van der Waals surface area contributed by atoms with Crippen LogP contribution in [0, 0.1) is 13.8 Å². The van der Waals surface area contributed by atoms with Crippen LogP contribution in [0.1, 0.15) is 16.9 Å². The maximum atomic E-state index is 12.6. The second kappa shape index (κ2) is 5.78. The van der Waals surface area contributed by atoms with Crippen molar-refractivity contribution in [2.45, 2.75) is 13.8 Å². The van der Waals surface area contributed by atoms with Gasteiger partial charge >= 0.3 is 0 Å². The van der Waals surface area contributed by atoms with E-state index in [-0.39, 0.29) is 11.1 Å². The summed E-state index contributed by atoms with van der Waals surface area (Å²) in [5, 5.41) is -0.296. The van der Waals surface area contributed by atoms with Gasteiger partial charge in [0.05, 0.1) is 10.6 Å². The molecule has 0 N–H and O–H groups in total. The van der Waals surface area contributed by atoms with Crippen molar-refractivity contribution < 1.29 is 14.0 Å². The Hall–Kier alpha value is -1.79. The molecule has 1 fully saturated rings. The monoisotopic (exact) mass is 377 g/mol. The SMILES string of the molecule is Cc1cccc(N2C(=O)S/C(=C/c3ccc(Br)o3)C2=O)c1C. The highest BCUT2D eigenvalue weighted by molar-refractivity contribution is 9.10. The number of anilines is 1. The van der Waals surface area contributed by atoms with Gasteiger partial charge in [0.25, 0.3) is 11.1 Å². The Morgan fingerprint density at radius 3 is 2.64 bits per heavy atom. The van der Waals surface area contributed by atoms with Crippen molar-refractivity contribution in [2.75, 3.05) is 4.90 Å². The third kappa shape index (κ3) is 2.64. The van der Waals surface area contributed by atoms with Crippen molar-refractivity contribution in [1.82, 2.24) is 0 Å². The molecule has 1 aliphatic heterocycles. The first kappa shape index (κ1) is 15.1. The molecule has 0 spiro atoms. The summed E-state index contributed by atoms with van der Waals surface area (Å²) in [7, 11) is 0. The summed E-state index contributed by atoms with van der Waals surface area (Å²) in [4.78, 5) is 26.4. The summed E-state index contributed by atoms with van der Waals surface area (Å²) in [6, 6.07) is 9.05. The number of aryl methyl sites for hydroxylation is 1. The average molecular weight is 378 g/mol. The third-order valence-electron chi connectivity index (χ3n) is 3.48. The summed E-state index contributed by atoms with van der Waals surface area (Å²) in [5.74, 6) is 0.203. The number of amides is 2. The number of halogens is 1. The number of thioether (sulfide) groups is 1. The minimum atomic E-state index is -0.323. The van der Waals surface area contributed by atoms with E-state index in [2.05, 4.69) is 15.9 Å². The van der Waals surface area contributed by atoms with E-state index in [1.807, 2.05) is 26.0 Å². The summed E-state index contributed by atoms with van der Waals surface area (Å²) < 4.78 is 5.93. The maximum absolute atomic E-state index is 12.6. The highest BCUT2D eigenvalue weighted by Crippen LogP contribution is 2.37. The molecule has 22 heavy (non-hydrogen) atoms. The Morgan fingerprint density at radius 1 is 1.18 bits per heavy atom. The lowest BCUT2D eigenvalue weighted by atomic mass is 10.1. The second-order valence-electron chi connectivity index (χ2n) is 4.88. The van der Waals surface area contributed by atoms with Gasteiger partial charge in [0.1, 0.15) is 5.76 Å². The third-order valence-corrected chi connectivity index (χ3v) is 4.77. The van der Waals surface area contributed by atoms with Gasteiger partial charge in [-0.15, -0.1) is 0 Å². The quantitative estimate of drug-likeness (QED) is 0.698. The van der Waals surface area contributed by atoms with Crippen LogP contribution in [-0.4, -0.2) is 11.1 Å². The highest BCUT2D eigenvalue weighted by atomic mass is 79.9. The maximum Gasteiger partial charge on any atom is 0.298 e. The standard InChI is InChI=1S/C16H12BrNO3S/c1-9-4-3-5-12(10(9)2)18-15(19)13(22-16(18)20)8-11-6-7-14(17)21-11/h3-8H,1-2H3/b13-8+. The summed E-state index contributed by atoms with van der Waals surface area (Å²) in [5.41, 5.74) is 2.59. The molecule has 1 aromatic heterocycles. The molecule has 6 heteroatoms. The first-order valence-corrected chi connectivity index (χ1v) is 8.18. The van der Waals surface area contributed by atoms with Gasteiger partial charge in [-0.2, -0.15) is 0 Å². The molecule has 0 saturated carbocycles. The van der Waals surface area contributed by atoms with E-state index in [0.29, 0.717) is 21.0 Å². The van der Waals surface area contributed by atoms with Crippen molar-refractivity contribution in [3.05, 3.63) is 56.8 Å². The van der Waals surface area contributed by atoms with Crippen LogP contribution < -0.4 is 4.90 Å². The molecule has 1 saturated heterocycles. The Balaban J connectivity index is 1.98. The van der Waals surface area contributed by atoms with Gasteiger partial charge in [-0.25, -0.2) is 4.90 Å². The zero-order valence-corrected chi connectivity index (χ0v) is 14.3. The number of carbonyl (C=O) groups excluding carboxylic acids is 2. The predicted octanol–water partition coefficient (Wildman–Crippen LogP) is 4.90. The molecule has 112 valence electrons. The van der Waals surface area contributed by atoms with Gasteiger partial charge in [-0.1, -0.05) is 12.1 Å². The number of imide groups is 1. The highest BCUT2D eigenvalue weighted by Gasteiger charge is 2.37. The van der Waals surface area contributed by atoms with Gasteiger partial charge in [0.15, 0.2) is 4.67 Å². The minimum Gasteiger partial charge on any atom is -0.450 e. The number of rotatable bonds is 2. The molecule has 0 bridgehead atoms. The average Bonchev–Trinajstić information content (AvgIpc) is 2.99. The summed E-state index contributed by atoms with van der Waals surface area (Å²) >= 11 is 4.13. The lowest BCUT2D eigenvalue weighted by Crippen LogP contribution is -2.28. The van der Waals surface area contributed by atoms with Crippen LogP contribution in [0.15, 0.2) is 44.3 Å². The number of carbonyl (C=O) groups is 2. The van der Waals surface area contributed by atoms with E-state index in [9.17, 15) is 9.59 Å². The fourth-order valence-electron chi connectivity index (χ4n) is 2.19. The Bertz CT molecular complexity index is 809. The predicted molar refractivity (Wildman–Crippen MR) is 90.8 cm³/mol. The lowest BCUT2D eigenvalue weighted by molar-refractivity contribution is -0.113. The minimum absolute atomic E-state index is 0.296. The lowest BCUT2D eigenvalue weighted by Gasteiger charge is -2.16. The first-order valence-electron chi connectivity index (χ1n) is 6.57. The molecule has 2 aromatic rings. The van der Waals surface area contributed by atoms with Crippen molar-refractivity contribution in [1.29, 1.82) is 0 Å². The van der Waals surface area contributed by atoms with E-state index in [4.69, 9.17) is 4.42 Å². The number of hydrogen-bond donors (Lipinski definition) is 0. The number of hydrogen-bond acceptors (Lipinski definition) is 4. The molecule has 3 rings (SSSR count). The van der Waals surface area contributed by atoms with Crippen molar-refractivity contribution in [3.8, 4) is 0 Å². The molecule has 1 aromatic carbocycles. The Kier molecular flexibility index (Phi) is 3.97. The molecule has 1 aliphatic rings. The smallest absolute Gasteiger partial charge is 0.298 e. The Labute approximate surface area is 140 Å². The van der Waals surface area contributed by atoms with Crippen molar-refractivity contribution >= 4 is 50.6 Å². The van der Waals surface area contributed by atoms with Crippen LogP contribution in [-0.2, 0) is 4.79 Å². The van der Waals surface area contributed by atoms with E-state index in [0.717, 1.165) is 22.9 Å². The van der Waals surface area contributed by atoms with Crippen LogP contribution in [0.2, 0.25) is 0 Å². The van der Waals surface area contributed by atoms with E-state index in [1.165, 1.54) is 4.90 Å². The molecule has 0 radical (unpaired) electrons. The zero-order chi connectivity index (χ0) is 15.9. The van der Waals surface area contributed by atoms with Gasteiger partial charge in [0, 0.05) is 6.08 Å². The fraction of sp³-hybridized carbons (Fsp3) is 0.125. The first-order chi connectivity index (χ1) is 10.5. The Morgan fingerprint density at radius 2 is 1.95 bits per heavy atom. The topological polar surface area (TPSA) is 50.5 Å². The van der Waals surface area contributed by atoms with Crippen LogP contribution in [0.5, 0.6) is 0 Å². The van der Waals surface area contributed by atoms with Gasteiger partial charge in [-0.3, -0.25) is 9.59 Å². The van der Waals surface area contributed by atoms with Crippen LogP contribution in [0.3, 0.4) is 0 Å². The second-order valence-corrected chi connectivity index (χ2v) is 6.65. The molecular weight excluding hydrogens is 366 g/mol. The van der Waals surface area contributed by atoms with Crippen LogP contribution >= 0.6 is 27.7 Å². The molecule has 0 atom stereocenters. The number of furan rings is 1. The van der Waals surface area contributed by atoms with E-state index >= 15 is 0 Å². The zero-order valence-electron chi connectivity index (χ0n) is 11.9. The van der Waals surface area contributed by atoms with Gasteiger partial charge in [0.2, 0.25) is 0 Å². The van der Waals surface area contributed by atoms with E-state index in [1.54, 1.807) is 24.3 Å².